The molecule has 3 aromatic rings. The highest BCUT2D eigenvalue weighted by atomic mass is 35.5. The van der Waals surface area contributed by atoms with E-state index in [0.29, 0.717) is 5.15 Å². The maximum absolute atomic E-state index is 6.19. The minimum atomic E-state index is 0.528. The summed E-state index contributed by atoms with van der Waals surface area (Å²) in [6, 6.07) is 10.3. The van der Waals surface area contributed by atoms with Crippen LogP contribution in [0.5, 0.6) is 0 Å². The molecule has 0 aliphatic carbocycles. The van der Waals surface area contributed by atoms with Crippen molar-refractivity contribution in [2.24, 2.45) is 0 Å². The van der Waals surface area contributed by atoms with Crippen LogP contribution in [0.15, 0.2) is 30.3 Å². The van der Waals surface area contributed by atoms with Crippen molar-refractivity contribution in [2.45, 2.75) is 26.7 Å². The van der Waals surface area contributed by atoms with Gasteiger partial charge in [-0.15, -0.1) is 0 Å². The quantitative estimate of drug-likeness (QED) is 0.674. The monoisotopic (exact) mass is 298 g/mol. The van der Waals surface area contributed by atoms with E-state index in [1.165, 1.54) is 5.56 Å². The van der Waals surface area contributed by atoms with E-state index in [0.717, 1.165) is 41.1 Å². The van der Waals surface area contributed by atoms with Gasteiger partial charge in [0.1, 0.15) is 16.5 Å². The lowest BCUT2D eigenvalue weighted by atomic mass is 10.1. The van der Waals surface area contributed by atoms with Gasteiger partial charge in [0, 0.05) is 12.1 Å². The first kappa shape index (κ1) is 14.1. The predicted octanol–water partition coefficient (Wildman–Crippen LogP) is 4.32. The molecule has 3 nitrogen and oxygen atoms in total. The fraction of sp³-hybridized carbons (Fsp3) is 0.235. The molecule has 0 aliphatic rings. The van der Waals surface area contributed by atoms with Gasteiger partial charge in [-0.3, -0.25) is 4.57 Å². The van der Waals surface area contributed by atoms with E-state index in [1.807, 2.05) is 13.0 Å². The predicted molar refractivity (Wildman–Crippen MR) is 87.1 cm³/mol. The molecule has 2 aromatic heterocycles. The van der Waals surface area contributed by atoms with Gasteiger partial charge in [0.15, 0.2) is 5.65 Å². The molecule has 107 valence electrons. The average molecular weight is 299 g/mol. The molecule has 1 radical (unpaired) electrons. The molecule has 0 N–H and O–H groups in total. The van der Waals surface area contributed by atoms with Crippen molar-refractivity contribution < 1.29 is 0 Å². The van der Waals surface area contributed by atoms with Crippen molar-refractivity contribution in [1.29, 1.82) is 0 Å². The smallest absolute Gasteiger partial charge is 0.166 e. The molecular weight excluding hydrogens is 282 g/mol. The zero-order valence-electron chi connectivity index (χ0n) is 12.2. The highest BCUT2D eigenvalue weighted by Gasteiger charge is 2.14. The van der Waals surface area contributed by atoms with Crippen molar-refractivity contribution in [3.05, 3.63) is 59.4 Å². The van der Waals surface area contributed by atoms with Gasteiger partial charge in [-0.2, -0.15) is 0 Å². The number of hydrogen-bond donors (Lipinski definition) is 0. The second kappa shape index (κ2) is 5.49. The first-order chi connectivity index (χ1) is 10.1. The topological polar surface area (TPSA) is 30.7 Å². The SMILES string of the molecule is [CH2]Cc1ccc(-n2c(CC)nc3cc(C)c(Cl)nc32)cc1. The molecule has 0 saturated carbocycles. The number of halogens is 1. The number of fused-ring (bicyclic) bond motifs is 1. The Morgan fingerprint density at radius 1 is 1.19 bits per heavy atom. The number of imidazole rings is 1. The van der Waals surface area contributed by atoms with E-state index >= 15 is 0 Å². The van der Waals surface area contributed by atoms with Gasteiger partial charge >= 0.3 is 0 Å². The number of aryl methyl sites for hydroxylation is 2. The van der Waals surface area contributed by atoms with Crippen LogP contribution in [-0.2, 0) is 12.8 Å². The lowest BCUT2D eigenvalue weighted by Gasteiger charge is -2.08. The van der Waals surface area contributed by atoms with E-state index < -0.39 is 0 Å². The summed E-state index contributed by atoms with van der Waals surface area (Å²) < 4.78 is 2.08. The maximum Gasteiger partial charge on any atom is 0.166 e. The van der Waals surface area contributed by atoms with Crippen molar-refractivity contribution in [1.82, 2.24) is 14.5 Å². The summed E-state index contributed by atoms with van der Waals surface area (Å²) in [5.74, 6) is 0.988. The Morgan fingerprint density at radius 2 is 1.90 bits per heavy atom. The van der Waals surface area contributed by atoms with Crippen LogP contribution in [0, 0.1) is 13.8 Å². The first-order valence-electron chi connectivity index (χ1n) is 7.07. The van der Waals surface area contributed by atoms with Crippen LogP contribution in [0.25, 0.3) is 16.9 Å². The Kier molecular flexibility index (Phi) is 3.68. The number of rotatable bonds is 3. The molecule has 0 bridgehead atoms. The van der Waals surface area contributed by atoms with Gasteiger partial charge in [-0.05, 0) is 49.6 Å². The van der Waals surface area contributed by atoms with Gasteiger partial charge in [0.25, 0.3) is 0 Å². The van der Waals surface area contributed by atoms with E-state index in [1.54, 1.807) is 0 Å². The summed E-state index contributed by atoms with van der Waals surface area (Å²) in [6.45, 7) is 7.94. The van der Waals surface area contributed by atoms with Crippen LogP contribution in [0.4, 0.5) is 0 Å². The summed E-state index contributed by atoms with van der Waals surface area (Å²) in [7, 11) is 0. The van der Waals surface area contributed by atoms with Gasteiger partial charge in [-0.25, -0.2) is 9.97 Å². The Labute approximate surface area is 129 Å². The van der Waals surface area contributed by atoms with Gasteiger partial charge in [0.05, 0.1) is 0 Å². The second-order valence-corrected chi connectivity index (χ2v) is 5.43. The molecule has 0 saturated heterocycles. The Hall–Kier alpha value is -1.87. The molecular formula is C17H17ClN3. The van der Waals surface area contributed by atoms with Crippen LogP contribution >= 0.6 is 11.6 Å². The fourth-order valence-electron chi connectivity index (χ4n) is 2.45. The minimum absolute atomic E-state index is 0.528. The minimum Gasteiger partial charge on any atom is -0.281 e. The van der Waals surface area contributed by atoms with Crippen molar-refractivity contribution >= 4 is 22.8 Å². The highest BCUT2D eigenvalue weighted by molar-refractivity contribution is 6.30. The highest BCUT2D eigenvalue weighted by Crippen LogP contribution is 2.24. The summed E-state index contributed by atoms with van der Waals surface area (Å²) >= 11 is 6.19. The summed E-state index contributed by atoms with van der Waals surface area (Å²) in [5.41, 5.74) is 4.91. The maximum atomic E-state index is 6.19. The molecule has 2 heterocycles. The summed E-state index contributed by atoms with van der Waals surface area (Å²) in [5, 5.41) is 0.528. The lowest BCUT2D eigenvalue weighted by molar-refractivity contribution is 0.901. The largest absolute Gasteiger partial charge is 0.281 e. The van der Waals surface area contributed by atoms with Crippen LogP contribution in [0.1, 0.15) is 23.9 Å². The number of hydrogen-bond acceptors (Lipinski definition) is 2. The van der Waals surface area contributed by atoms with Gasteiger partial charge in [0.2, 0.25) is 0 Å². The van der Waals surface area contributed by atoms with E-state index in [2.05, 4.69) is 52.6 Å². The van der Waals surface area contributed by atoms with E-state index in [4.69, 9.17) is 11.6 Å². The molecule has 0 amide bonds. The molecule has 1 aromatic carbocycles. The molecule has 4 heteroatoms. The number of pyridine rings is 1. The van der Waals surface area contributed by atoms with Gasteiger partial charge in [-0.1, -0.05) is 30.7 Å². The standard InChI is InChI=1S/C17H17ClN3/c1-4-12-6-8-13(9-7-12)21-15(5-2)19-14-10-11(3)16(18)20-17(14)21/h6-10H,1,4-5H2,2-3H3. The summed E-state index contributed by atoms with van der Waals surface area (Å²) in [6.07, 6.45) is 1.62. The third-order valence-electron chi connectivity index (χ3n) is 3.63. The first-order valence-corrected chi connectivity index (χ1v) is 7.45. The zero-order chi connectivity index (χ0) is 15.0. The number of benzene rings is 1. The molecule has 0 spiro atoms. The fourth-order valence-corrected chi connectivity index (χ4v) is 2.58. The molecule has 0 aliphatic heterocycles. The Morgan fingerprint density at radius 3 is 2.52 bits per heavy atom. The lowest BCUT2D eigenvalue weighted by Crippen LogP contribution is -2.01. The Bertz CT molecular complexity index is 788. The van der Waals surface area contributed by atoms with Crippen LogP contribution in [-0.4, -0.2) is 14.5 Å². The molecule has 3 rings (SSSR count). The van der Waals surface area contributed by atoms with Crippen molar-refractivity contribution in [3.8, 4) is 5.69 Å². The Balaban J connectivity index is 2.25. The molecule has 0 fully saturated rings. The molecule has 21 heavy (non-hydrogen) atoms. The molecule has 0 atom stereocenters. The van der Waals surface area contributed by atoms with Crippen molar-refractivity contribution in [3.63, 3.8) is 0 Å². The normalized spacial score (nSPS) is 11.2. The zero-order valence-corrected chi connectivity index (χ0v) is 13.0. The van der Waals surface area contributed by atoms with E-state index in [-0.39, 0.29) is 0 Å². The second-order valence-electron chi connectivity index (χ2n) is 5.07. The van der Waals surface area contributed by atoms with Crippen molar-refractivity contribution in [2.75, 3.05) is 0 Å². The number of aromatic nitrogens is 3. The van der Waals surface area contributed by atoms with E-state index in [9.17, 15) is 0 Å². The van der Waals surface area contributed by atoms with Gasteiger partial charge < -0.3 is 0 Å². The van der Waals surface area contributed by atoms with Crippen LogP contribution in [0.2, 0.25) is 5.15 Å². The van der Waals surface area contributed by atoms with Crippen LogP contribution in [0.3, 0.4) is 0 Å². The third kappa shape index (κ3) is 2.42. The van der Waals surface area contributed by atoms with Crippen LogP contribution < -0.4 is 0 Å². The summed E-state index contributed by atoms with van der Waals surface area (Å²) in [4.78, 5) is 9.20. The average Bonchev–Trinajstić information content (AvgIpc) is 2.85. The number of nitrogens with zero attached hydrogens (tertiary/aromatic N) is 3. The third-order valence-corrected chi connectivity index (χ3v) is 4.01. The molecule has 0 unspecified atom stereocenters.